The molecule has 0 spiro atoms. The number of benzene rings is 1. The van der Waals surface area contributed by atoms with Crippen LogP contribution in [0.3, 0.4) is 0 Å². The number of carboxylic acids is 1. The van der Waals surface area contributed by atoms with E-state index in [1.807, 2.05) is 6.07 Å². The Morgan fingerprint density at radius 1 is 1.06 bits per heavy atom. The first-order chi connectivity index (χ1) is 7.77. The minimum absolute atomic E-state index is 0.117. The monoisotopic (exact) mass is 218 g/mol. The molecule has 1 aromatic carbocycles. The molecular formula is C14H18O2. The van der Waals surface area contributed by atoms with Crippen LogP contribution in [0, 0.1) is 5.92 Å². The van der Waals surface area contributed by atoms with Crippen LogP contribution in [0.5, 0.6) is 0 Å². The molecule has 86 valence electrons. The Hall–Kier alpha value is -1.31. The van der Waals surface area contributed by atoms with Gasteiger partial charge in [-0.15, -0.1) is 0 Å². The summed E-state index contributed by atoms with van der Waals surface area (Å²) in [4.78, 5) is 11.0. The van der Waals surface area contributed by atoms with E-state index in [0.717, 1.165) is 32.1 Å². The normalized spacial score (nSPS) is 26.0. The van der Waals surface area contributed by atoms with E-state index in [-0.39, 0.29) is 5.92 Å². The van der Waals surface area contributed by atoms with Crippen molar-refractivity contribution < 1.29 is 9.90 Å². The van der Waals surface area contributed by atoms with E-state index in [9.17, 15) is 4.79 Å². The third kappa shape index (κ3) is 2.63. The van der Waals surface area contributed by atoms with E-state index in [4.69, 9.17) is 5.11 Å². The quantitative estimate of drug-likeness (QED) is 0.772. The van der Waals surface area contributed by atoms with Crippen molar-refractivity contribution in [2.24, 2.45) is 5.92 Å². The average Bonchev–Trinajstić information content (AvgIpc) is 2.55. The van der Waals surface area contributed by atoms with E-state index in [2.05, 4.69) is 24.3 Å². The fourth-order valence-electron chi connectivity index (χ4n) is 2.61. The van der Waals surface area contributed by atoms with Gasteiger partial charge < -0.3 is 5.11 Å². The molecule has 2 atom stereocenters. The van der Waals surface area contributed by atoms with Crippen LogP contribution in [0.15, 0.2) is 30.3 Å². The zero-order valence-electron chi connectivity index (χ0n) is 9.43. The van der Waals surface area contributed by atoms with Gasteiger partial charge in [0.1, 0.15) is 0 Å². The maximum Gasteiger partial charge on any atom is 0.306 e. The van der Waals surface area contributed by atoms with Crippen molar-refractivity contribution in [2.45, 2.75) is 38.0 Å². The van der Waals surface area contributed by atoms with Gasteiger partial charge in [-0.25, -0.2) is 0 Å². The van der Waals surface area contributed by atoms with Crippen molar-refractivity contribution in [2.75, 3.05) is 0 Å². The molecule has 0 aromatic heterocycles. The van der Waals surface area contributed by atoms with Crippen LogP contribution in [0.1, 0.15) is 43.6 Å². The topological polar surface area (TPSA) is 37.3 Å². The van der Waals surface area contributed by atoms with E-state index in [0.29, 0.717) is 5.92 Å². The molecule has 2 heteroatoms. The summed E-state index contributed by atoms with van der Waals surface area (Å²) in [5, 5.41) is 9.02. The van der Waals surface area contributed by atoms with Crippen molar-refractivity contribution in [3.63, 3.8) is 0 Å². The lowest BCUT2D eigenvalue weighted by molar-refractivity contribution is -0.142. The third-order valence-corrected chi connectivity index (χ3v) is 3.59. The van der Waals surface area contributed by atoms with Crippen LogP contribution in [-0.4, -0.2) is 11.1 Å². The van der Waals surface area contributed by atoms with Crippen LogP contribution in [-0.2, 0) is 4.79 Å². The minimum Gasteiger partial charge on any atom is -0.481 e. The molecule has 0 bridgehead atoms. The second-order valence-corrected chi connectivity index (χ2v) is 4.65. The van der Waals surface area contributed by atoms with Gasteiger partial charge >= 0.3 is 5.97 Å². The van der Waals surface area contributed by atoms with E-state index in [1.165, 1.54) is 5.56 Å². The molecule has 2 nitrogen and oxygen atoms in total. The molecule has 2 unspecified atom stereocenters. The second kappa shape index (κ2) is 5.15. The highest BCUT2D eigenvalue weighted by Gasteiger charge is 2.24. The third-order valence-electron chi connectivity index (χ3n) is 3.59. The smallest absolute Gasteiger partial charge is 0.306 e. The first-order valence-electron chi connectivity index (χ1n) is 6.05. The standard InChI is InChI=1S/C14H18O2/c15-14(16)13-8-4-7-12(9-10-13)11-5-2-1-3-6-11/h1-3,5-6,12-13H,4,7-10H2,(H,15,16). The van der Waals surface area contributed by atoms with Gasteiger partial charge in [-0.3, -0.25) is 4.79 Å². The van der Waals surface area contributed by atoms with Crippen LogP contribution in [0.2, 0.25) is 0 Å². The fourth-order valence-corrected chi connectivity index (χ4v) is 2.61. The zero-order valence-corrected chi connectivity index (χ0v) is 9.43. The molecule has 0 aliphatic heterocycles. The molecule has 0 radical (unpaired) electrons. The summed E-state index contributed by atoms with van der Waals surface area (Å²) in [6, 6.07) is 10.5. The van der Waals surface area contributed by atoms with Crippen LogP contribution in [0.25, 0.3) is 0 Å². The summed E-state index contributed by atoms with van der Waals surface area (Å²) < 4.78 is 0. The summed E-state index contributed by atoms with van der Waals surface area (Å²) in [5.41, 5.74) is 1.37. The highest BCUT2D eigenvalue weighted by molar-refractivity contribution is 5.69. The molecule has 1 aromatic rings. The van der Waals surface area contributed by atoms with Crippen LogP contribution < -0.4 is 0 Å². The molecule has 2 rings (SSSR count). The van der Waals surface area contributed by atoms with Gasteiger partial charge in [0.15, 0.2) is 0 Å². The molecule has 0 amide bonds. The maximum atomic E-state index is 11.0. The second-order valence-electron chi connectivity index (χ2n) is 4.65. The Labute approximate surface area is 96.3 Å². The first kappa shape index (κ1) is 11.2. The van der Waals surface area contributed by atoms with E-state index in [1.54, 1.807) is 0 Å². The molecule has 1 aliphatic rings. The average molecular weight is 218 g/mol. The lowest BCUT2D eigenvalue weighted by atomic mass is 9.91. The van der Waals surface area contributed by atoms with Crippen molar-refractivity contribution in [3.05, 3.63) is 35.9 Å². The molecule has 0 saturated heterocycles. The van der Waals surface area contributed by atoms with Gasteiger partial charge in [-0.2, -0.15) is 0 Å². The Balaban J connectivity index is 2.02. The van der Waals surface area contributed by atoms with Gasteiger partial charge in [0.25, 0.3) is 0 Å². The molecule has 1 aliphatic carbocycles. The van der Waals surface area contributed by atoms with Crippen molar-refractivity contribution in [3.8, 4) is 0 Å². The Morgan fingerprint density at radius 3 is 2.50 bits per heavy atom. The molecule has 16 heavy (non-hydrogen) atoms. The molecule has 1 N–H and O–H groups in total. The van der Waals surface area contributed by atoms with Crippen molar-refractivity contribution >= 4 is 5.97 Å². The number of rotatable bonds is 2. The summed E-state index contributed by atoms with van der Waals surface area (Å²) in [7, 11) is 0. The van der Waals surface area contributed by atoms with Crippen molar-refractivity contribution in [1.29, 1.82) is 0 Å². The van der Waals surface area contributed by atoms with E-state index >= 15 is 0 Å². The lowest BCUT2D eigenvalue weighted by Crippen LogP contribution is -2.12. The highest BCUT2D eigenvalue weighted by Crippen LogP contribution is 2.33. The van der Waals surface area contributed by atoms with Gasteiger partial charge in [0, 0.05) is 0 Å². The number of hydrogen-bond donors (Lipinski definition) is 1. The van der Waals surface area contributed by atoms with Gasteiger partial charge in [0.05, 0.1) is 5.92 Å². The Morgan fingerprint density at radius 2 is 1.81 bits per heavy atom. The highest BCUT2D eigenvalue weighted by atomic mass is 16.4. The fraction of sp³-hybridized carbons (Fsp3) is 0.500. The van der Waals surface area contributed by atoms with Gasteiger partial charge in [0.2, 0.25) is 0 Å². The van der Waals surface area contributed by atoms with Crippen LogP contribution >= 0.6 is 0 Å². The largest absolute Gasteiger partial charge is 0.481 e. The Kier molecular flexibility index (Phi) is 3.60. The molecule has 1 saturated carbocycles. The molecular weight excluding hydrogens is 200 g/mol. The summed E-state index contributed by atoms with van der Waals surface area (Å²) in [6.07, 6.45) is 4.86. The van der Waals surface area contributed by atoms with E-state index < -0.39 is 5.97 Å². The number of carboxylic acid groups (broad SMARTS) is 1. The van der Waals surface area contributed by atoms with Gasteiger partial charge in [-0.1, -0.05) is 36.8 Å². The number of carbonyl (C=O) groups is 1. The maximum absolute atomic E-state index is 11.0. The zero-order chi connectivity index (χ0) is 11.4. The SMILES string of the molecule is O=C(O)C1CCCC(c2ccccc2)CC1. The minimum atomic E-state index is -0.617. The Bertz CT molecular complexity index is 345. The molecule has 0 heterocycles. The van der Waals surface area contributed by atoms with Crippen molar-refractivity contribution in [1.82, 2.24) is 0 Å². The van der Waals surface area contributed by atoms with Gasteiger partial charge in [-0.05, 0) is 37.2 Å². The predicted molar refractivity (Wildman–Crippen MR) is 63.4 cm³/mol. The first-order valence-corrected chi connectivity index (χ1v) is 6.05. The summed E-state index contributed by atoms with van der Waals surface area (Å²) in [5.74, 6) is -0.173. The number of aliphatic carboxylic acids is 1. The summed E-state index contributed by atoms with van der Waals surface area (Å²) in [6.45, 7) is 0. The number of hydrogen-bond acceptors (Lipinski definition) is 1. The lowest BCUT2D eigenvalue weighted by Gasteiger charge is -2.14. The van der Waals surface area contributed by atoms with Crippen LogP contribution in [0.4, 0.5) is 0 Å². The molecule has 1 fully saturated rings. The predicted octanol–water partition coefficient (Wildman–Crippen LogP) is 3.44. The summed E-state index contributed by atoms with van der Waals surface area (Å²) >= 11 is 0.